The summed E-state index contributed by atoms with van der Waals surface area (Å²) in [5.41, 5.74) is 0.757. The van der Waals surface area contributed by atoms with Gasteiger partial charge >= 0.3 is 0 Å². The molecule has 0 N–H and O–H groups in total. The van der Waals surface area contributed by atoms with Crippen LogP contribution in [-0.4, -0.2) is 11.8 Å². The van der Waals surface area contributed by atoms with Gasteiger partial charge < -0.3 is 0 Å². The molecule has 2 amide bonds. The minimum atomic E-state index is -0.181. The van der Waals surface area contributed by atoms with Crippen molar-refractivity contribution in [1.29, 1.82) is 0 Å². The fraction of sp³-hybridized carbons (Fsp3) is 0.412. The third kappa shape index (κ3) is 1.35. The molecule has 22 heavy (non-hydrogen) atoms. The molecule has 2 saturated carbocycles. The fourth-order valence-electron chi connectivity index (χ4n) is 4.96. The quantitative estimate of drug-likeness (QED) is 0.580. The number of anilines is 1. The monoisotopic (exact) mass is 333 g/mol. The third-order valence-corrected chi connectivity index (χ3v) is 6.75. The van der Waals surface area contributed by atoms with Crippen molar-refractivity contribution in [3.63, 3.8) is 0 Å². The molecule has 0 unspecified atom stereocenters. The number of carbonyl (C=O) groups is 2. The first-order valence-electron chi connectivity index (χ1n) is 7.56. The number of carbonyl (C=O) groups excluding carboxylic acids is 2. The zero-order chi connectivity index (χ0) is 15.2. The number of fused-ring (bicyclic) bond motifs is 3. The van der Waals surface area contributed by atoms with Crippen molar-refractivity contribution in [2.75, 3.05) is 4.90 Å². The zero-order valence-corrected chi connectivity index (χ0v) is 13.1. The lowest BCUT2D eigenvalue weighted by atomic mass is 9.85. The molecule has 1 saturated heterocycles. The van der Waals surface area contributed by atoms with Gasteiger partial charge in [-0.1, -0.05) is 35.4 Å². The summed E-state index contributed by atoms with van der Waals surface area (Å²) in [5.74, 6) is -0.0228. The van der Waals surface area contributed by atoms with Crippen LogP contribution in [0.3, 0.4) is 0 Å². The first-order chi connectivity index (χ1) is 10.5. The van der Waals surface area contributed by atoms with Gasteiger partial charge in [-0.25, -0.2) is 4.90 Å². The number of benzene rings is 1. The molecule has 4 atom stereocenters. The van der Waals surface area contributed by atoms with E-state index in [-0.39, 0.29) is 40.9 Å². The van der Waals surface area contributed by atoms with E-state index in [9.17, 15) is 9.59 Å². The summed E-state index contributed by atoms with van der Waals surface area (Å²) in [6, 6.07) is 4.92. The molecule has 112 valence electrons. The van der Waals surface area contributed by atoms with Gasteiger partial charge in [-0.3, -0.25) is 9.59 Å². The Morgan fingerprint density at radius 3 is 2.05 bits per heavy atom. The Morgan fingerprint density at radius 1 is 0.955 bits per heavy atom. The van der Waals surface area contributed by atoms with Gasteiger partial charge in [-0.15, -0.1) is 0 Å². The molecule has 4 aliphatic rings. The van der Waals surface area contributed by atoms with Crippen molar-refractivity contribution in [1.82, 2.24) is 0 Å². The van der Waals surface area contributed by atoms with E-state index >= 15 is 0 Å². The summed E-state index contributed by atoms with van der Waals surface area (Å²) in [7, 11) is 0. The maximum Gasteiger partial charge on any atom is 0.238 e. The molecule has 3 fully saturated rings. The summed E-state index contributed by atoms with van der Waals surface area (Å²) in [6.45, 7) is 0. The molecule has 3 nitrogen and oxygen atoms in total. The van der Waals surface area contributed by atoms with Crippen molar-refractivity contribution in [3.8, 4) is 0 Å². The lowest BCUT2D eigenvalue weighted by Gasteiger charge is -2.22. The normalized spacial score (nSPS) is 36.5. The van der Waals surface area contributed by atoms with Gasteiger partial charge in [0.2, 0.25) is 11.8 Å². The standard InChI is InChI=1S/C17H13Cl2NO2/c18-11-4-1-8(7-12(11)19)20-15(21)13-9-2-3-10(14(13)16(20)22)17(9)5-6-17/h1-4,7,9-10,13-14H,5-6H2/t9-,10+,13-,14-/m0/s1. The first-order valence-corrected chi connectivity index (χ1v) is 8.31. The predicted molar refractivity (Wildman–Crippen MR) is 83.7 cm³/mol. The molecule has 0 aromatic heterocycles. The Hall–Kier alpha value is -1.32. The highest BCUT2D eigenvalue weighted by Gasteiger charge is 2.73. The van der Waals surface area contributed by atoms with Crippen LogP contribution in [0.2, 0.25) is 10.0 Å². The third-order valence-electron chi connectivity index (χ3n) is 6.01. The molecule has 0 radical (unpaired) electrons. The number of allylic oxidation sites excluding steroid dienone is 2. The van der Waals surface area contributed by atoms with Crippen molar-refractivity contribution < 1.29 is 9.59 Å². The van der Waals surface area contributed by atoms with Crippen LogP contribution in [0.15, 0.2) is 30.4 Å². The zero-order valence-electron chi connectivity index (χ0n) is 11.6. The van der Waals surface area contributed by atoms with Gasteiger partial charge in [0.25, 0.3) is 0 Å². The van der Waals surface area contributed by atoms with Crippen LogP contribution in [0, 0.1) is 29.1 Å². The fourth-order valence-corrected chi connectivity index (χ4v) is 5.25. The van der Waals surface area contributed by atoms with Crippen LogP contribution >= 0.6 is 23.2 Å². The maximum atomic E-state index is 12.9. The Bertz CT molecular complexity index is 734. The molecule has 1 aromatic rings. The number of rotatable bonds is 1. The van der Waals surface area contributed by atoms with Crippen LogP contribution < -0.4 is 4.90 Å². The van der Waals surface area contributed by atoms with E-state index < -0.39 is 0 Å². The molecule has 1 heterocycles. The lowest BCUT2D eigenvalue weighted by Crippen LogP contribution is -2.34. The smallest absolute Gasteiger partial charge is 0.238 e. The first kappa shape index (κ1) is 13.1. The highest BCUT2D eigenvalue weighted by molar-refractivity contribution is 6.42. The van der Waals surface area contributed by atoms with Gasteiger partial charge in [-0.2, -0.15) is 0 Å². The number of halogens is 2. The van der Waals surface area contributed by atoms with Crippen molar-refractivity contribution in [3.05, 3.63) is 40.4 Å². The highest BCUT2D eigenvalue weighted by atomic mass is 35.5. The average Bonchev–Trinajstić information content (AvgIpc) is 3.08. The lowest BCUT2D eigenvalue weighted by molar-refractivity contribution is -0.123. The summed E-state index contributed by atoms with van der Waals surface area (Å²) in [4.78, 5) is 27.1. The second-order valence-corrected chi connectivity index (χ2v) is 7.65. The summed E-state index contributed by atoms with van der Waals surface area (Å²) in [5, 5.41) is 0.778. The molecule has 1 aromatic carbocycles. The second-order valence-electron chi connectivity index (χ2n) is 6.83. The minimum Gasteiger partial charge on any atom is -0.274 e. The van der Waals surface area contributed by atoms with Crippen molar-refractivity contribution >= 4 is 40.7 Å². The predicted octanol–water partition coefficient (Wildman–Crippen LogP) is 3.70. The Morgan fingerprint density at radius 2 is 1.55 bits per heavy atom. The molecular weight excluding hydrogens is 321 g/mol. The van der Waals surface area contributed by atoms with Crippen molar-refractivity contribution in [2.24, 2.45) is 29.1 Å². The molecule has 3 aliphatic carbocycles. The van der Waals surface area contributed by atoms with Crippen LogP contribution in [0.4, 0.5) is 5.69 Å². The number of amides is 2. The van der Waals surface area contributed by atoms with E-state index in [1.807, 2.05) is 0 Å². The van der Waals surface area contributed by atoms with Crippen LogP contribution in [-0.2, 0) is 9.59 Å². The SMILES string of the molecule is O=C1[C@@H]2[C@@H](C(=O)N1c1ccc(Cl)c(Cl)c1)[C@@H]1C=C[C@H]2C12CC2. The second kappa shape index (κ2) is 3.95. The van der Waals surface area contributed by atoms with E-state index in [1.165, 1.54) is 4.90 Å². The van der Waals surface area contributed by atoms with E-state index in [0.29, 0.717) is 15.7 Å². The molecular formula is C17H13Cl2NO2. The highest BCUT2D eigenvalue weighted by Crippen LogP contribution is 2.73. The van der Waals surface area contributed by atoms with Crippen LogP contribution in [0.25, 0.3) is 0 Å². The van der Waals surface area contributed by atoms with Crippen LogP contribution in [0.1, 0.15) is 12.8 Å². The Balaban J connectivity index is 1.57. The van der Waals surface area contributed by atoms with Gasteiger partial charge in [0.05, 0.1) is 27.6 Å². The number of nitrogens with zero attached hydrogens (tertiary/aromatic N) is 1. The van der Waals surface area contributed by atoms with E-state index in [0.717, 1.165) is 12.8 Å². The maximum absolute atomic E-state index is 12.9. The van der Waals surface area contributed by atoms with Crippen LogP contribution in [0.5, 0.6) is 0 Å². The molecule has 1 spiro atoms. The summed E-state index contributed by atoms with van der Waals surface area (Å²) in [6.07, 6.45) is 6.63. The van der Waals surface area contributed by atoms with Gasteiger partial charge in [0, 0.05) is 0 Å². The van der Waals surface area contributed by atoms with E-state index in [4.69, 9.17) is 23.2 Å². The van der Waals surface area contributed by atoms with E-state index in [1.54, 1.807) is 18.2 Å². The topological polar surface area (TPSA) is 37.4 Å². The molecule has 5 heteroatoms. The Labute approximate surface area is 137 Å². The minimum absolute atomic E-state index is 0.0727. The average molecular weight is 334 g/mol. The summed E-state index contributed by atoms with van der Waals surface area (Å²) >= 11 is 12.0. The van der Waals surface area contributed by atoms with Gasteiger partial charge in [-0.05, 0) is 48.3 Å². The molecule has 1 aliphatic heterocycles. The largest absolute Gasteiger partial charge is 0.274 e. The van der Waals surface area contributed by atoms with E-state index in [2.05, 4.69) is 12.2 Å². The number of imide groups is 1. The van der Waals surface area contributed by atoms with Gasteiger partial charge in [0.15, 0.2) is 0 Å². The van der Waals surface area contributed by atoms with Gasteiger partial charge in [0.1, 0.15) is 0 Å². The molecule has 2 bridgehead atoms. The Kier molecular flexibility index (Phi) is 2.36. The number of hydrogen-bond acceptors (Lipinski definition) is 2. The summed E-state index contributed by atoms with van der Waals surface area (Å²) < 4.78 is 0. The molecule has 5 rings (SSSR count). The number of hydrogen-bond donors (Lipinski definition) is 0. The van der Waals surface area contributed by atoms with Crippen molar-refractivity contribution in [2.45, 2.75) is 12.8 Å².